The summed E-state index contributed by atoms with van der Waals surface area (Å²) in [5.41, 5.74) is 2.68. The van der Waals surface area contributed by atoms with E-state index in [1.54, 1.807) is 6.07 Å². The molecule has 0 fully saturated rings. The lowest BCUT2D eigenvalue weighted by atomic mass is 9.98. The number of aromatic carboxylic acids is 1. The van der Waals surface area contributed by atoms with Crippen molar-refractivity contribution in [1.29, 1.82) is 0 Å². The van der Waals surface area contributed by atoms with E-state index in [1.807, 2.05) is 13.0 Å². The fourth-order valence-electron chi connectivity index (χ4n) is 2.41. The van der Waals surface area contributed by atoms with Gasteiger partial charge in [-0.15, -0.1) is 0 Å². The number of hydrogen-bond donors (Lipinski definition) is 1. The highest BCUT2D eigenvalue weighted by atomic mass is 16.4. The molecule has 1 N–H and O–H groups in total. The van der Waals surface area contributed by atoms with Gasteiger partial charge < -0.3 is 5.11 Å². The Balaban J connectivity index is 2.44. The molecule has 1 aromatic carbocycles. The molecular weight excluding hydrogens is 236 g/mol. The van der Waals surface area contributed by atoms with Crippen molar-refractivity contribution < 1.29 is 9.90 Å². The molecule has 0 amide bonds. The maximum absolute atomic E-state index is 11.1. The first-order chi connectivity index (χ1) is 9.19. The van der Waals surface area contributed by atoms with Crippen LogP contribution in [0.15, 0.2) is 18.2 Å². The lowest BCUT2D eigenvalue weighted by Gasteiger charge is -2.07. The molecule has 2 heteroatoms. The molecule has 19 heavy (non-hydrogen) atoms. The average Bonchev–Trinajstić information content (AvgIpc) is 2.42. The number of benzene rings is 1. The van der Waals surface area contributed by atoms with Crippen LogP contribution in [0.25, 0.3) is 0 Å². The highest BCUT2D eigenvalue weighted by molar-refractivity contribution is 5.89. The minimum Gasteiger partial charge on any atom is -0.478 e. The maximum atomic E-state index is 11.1. The Bertz CT molecular complexity index is 396. The van der Waals surface area contributed by atoms with Crippen molar-refractivity contribution in [3.05, 3.63) is 34.9 Å². The number of unbranched alkanes of at least 4 members (excludes halogenated alkanes) is 5. The van der Waals surface area contributed by atoms with Gasteiger partial charge in [-0.3, -0.25) is 0 Å². The molecule has 106 valence electrons. The second-order valence-corrected chi connectivity index (χ2v) is 5.17. The van der Waals surface area contributed by atoms with E-state index in [1.165, 1.54) is 44.1 Å². The van der Waals surface area contributed by atoms with Gasteiger partial charge in [0.2, 0.25) is 0 Å². The summed E-state index contributed by atoms with van der Waals surface area (Å²) in [4.78, 5) is 11.1. The van der Waals surface area contributed by atoms with Gasteiger partial charge in [0.05, 0.1) is 5.56 Å². The largest absolute Gasteiger partial charge is 0.478 e. The van der Waals surface area contributed by atoms with Crippen LogP contribution >= 0.6 is 0 Å². The molecule has 1 rings (SSSR count). The van der Waals surface area contributed by atoms with Crippen LogP contribution in [0.5, 0.6) is 0 Å². The third-order valence-electron chi connectivity index (χ3n) is 3.60. The number of carbonyl (C=O) groups is 1. The van der Waals surface area contributed by atoms with Gasteiger partial charge in [-0.25, -0.2) is 4.79 Å². The third-order valence-corrected chi connectivity index (χ3v) is 3.60. The van der Waals surface area contributed by atoms with Crippen LogP contribution in [-0.2, 0) is 12.8 Å². The molecule has 0 heterocycles. The van der Waals surface area contributed by atoms with Crippen molar-refractivity contribution in [2.45, 2.75) is 65.2 Å². The molecule has 0 bridgehead atoms. The molecule has 0 aliphatic rings. The smallest absolute Gasteiger partial charge is 0.335 e. The monoisotopic (exact) mass is 262 g/mol. The maximum Gasteiger partial charge on any atom is 0.335 e. The summed E-state index contributed by atoms with van der Waals surface area (Å²) in [5, 5.41) is 9.08. The summed E-state index contributed by atoms with van der Waals surface area (Å²) >= 11 is 0. The lowest BCUT2D eigenvalue weighted by Crippen LogP contribution is -2.02. The van der Waals surface area contributed by atoms with Gasteiger partial charge in [0.1, 0.15) is 0 Å². The molecule has 0 aliphatic heterocycles. The Morgan fingerprint density at radius 2 is 1.74 bits per heavy atom. The second-order valence-electron chi connectivity index (χ2n) is 5.17. The van der Waals surface area contributed by atoms with E-state index in [0.29, 0.717) is 5.56 Å². The van der Waals surface area contributed by atoms with Crippen LogP contribution in [0.1, 0.15) is 73.9 Å². The van der Waals surface area contributed by atoms with E-state index in [-0.39, 0.29) is 0 Å². The van der Waals surface area contributed by atoms with E-state index in [0.717, 1.165) is 18.4 Å². The number of hydrogen-bond acceptors (Lipinski definition) is 1. The quantitative estimate of drug-likeness (QED) is 0.646. The number of aryl methyl sites for hydroxylation is 2. The van der Waals surface area contributed by atoms with E-state index in [9.17, 15) is 4.79 Å². The Kier molecular flexibility index (Phi) is 7.24. The molecule has 0 saturated heterocycles. The van der Waals surface area contributed by atoms with Crippen LogP contribution in [0.4, 0.5) is 0 Å². The van der Waals surface area contributed by atoms with Crippen molar-refractivity contribution in [1.82, 2.24) is 0 Å². The van der Waals surface area contributed by atoms with Crippen molar-refractivity contribution in [2.75, 3.05) is 0 Å². The molecular formula is C17H26O2. The van der Waals surface area contributed by atoms with Gasteiger partial charge in [0.15, 0.2) is 0 Å². The van der Waals surface area contributed by atoms with Crippen molar-refractivity contribution in [3.63, 3.8) is 0 Å². The first-order valence-corrected chi connectivity index (χ1v) is 7.54. The fourth-order valence-corrected chi connectivity index (χ4v) is 2.41. The molecule has 1 aromatic rings. The summed E-state index contributed by atoms with van der Waals surface area (Å²) in [7, 11) is 0. The Hall–Kier alpha value is -1.31. The third kappa shape index (κ3) is 5.46. The number of rotatable bonds is 9. The van der Waals surface area contributed by atoms with E-state index in [4.69, 9.17) is 5.11 Å². The fraction of sp³-hybridized carbons (Fsp3) is 0.588. The minimum absolute atomic E-state index is 0.453. The summed E-state index contributed by atoms with van der Waals surface area (Å²) < 4.78 is 0. The summed E-state index contributed by atoms with van der Waals surface area (Å²) in [6, 6.07) is 5.79. The average molecular weight is 262 g/mol. The first kappa shape index (κ1) is 15.7. The van der Waals surface area contributed by atoms with Gasteiger partial charge in [-0.1, -0.05) is 58.1 Å². The summed E-state index contributed by atoms with van der Waals surface area (Å²) in [5.74, 6) is -0.817. The normalized spacial score (nSPS) is 10.6. The SMILES string of the molecule is CCCCCCCCc1ccc(C(=O)O)c(CC)c1. The molecule has 0 aliphatic carbocycles. The van der Waals surface area contributed by atoms with Crippen LogP contribution < -0.4 is 0 Å². The van der Waals surface area contributed by atoms with E-state index >= 15 is 0 Å². The van der Waals surface area contributed by atoms with Gasteiger partial charge in [0.25, 0.3) is 0 Å². The Labute approximate surface area is 116 Å². The lowest BCUT2D eigenvalue weighted by molar-refractivity contribution is 0.0695. The van der Waals surface area contributed by atoms with Gasteiger partial charge >= 0.3 is 5.97 Å². The van der Waals surface area contributed by atoms with Crippen molar-refractivity contribution >= 4 is 5.97 Å². The minimum atomic E-state index is -0.817. The van der Waals surface area contributed by atoms with E-state index < -0.39 is 5.97 Å². The van der Waals surface area contributed by atoms with Crippen molar-refractivity contribution in [3.8, 4) is 0 Å². The molecule has 0 spiro atoms. The van der Waals surface area contributed by atoms with Gasteiger partial charge in [-0.2, -0.15) is 0 Å². The predicted octanol–water partition coefficient (Wildman–Crippen LogP) is 4.85. The van der Waals surface area contributed by atoms with Crippen LogP contribution in [-0.4, -0.2) is 11.1 Å². The van der Waals surface area contributed by atoms with Gasteiger partial charge in [0, 0.05) is 0 Å². The predicted molar refractivity (Wildman–Crippen MR) is 79.9 cm³/mol. The standard InChI is InChI=1S/C17H26O2/c1-3-5-6-7-8-9-10-14-11-12-16(17(18)19)15(4-2)13-14/h11-13H,3-10H2,1-2H3,(H,18,19). The van der Waals surface area contributed by atoms with Crippen LogP contribution in [0, 0.1) is 0 Å². The molecule has 0 saturated carbocycles. The second kappa shape index (κ2) is 8.73. The molecule has 2 nitrogen and oxygen atoms in total. The van der Waals surface area contributed by atoms with Crippen LogP contribution in [0.3, 0.4) is 0 Å². The summed E-state index contributed by atoms with van der Waals surface area (Å²) in [6.45, 7) is 4.24. The Morgan fingerprint density at radius 1 is 1.05 bits per heavy atom. The zero-order chi connectivity index (χ0) is 14.1. The zero-order valence-electron chi connectivity index (χ0n) is 12.2. The highest BCUT2D eigenvalue weighted by Gasteiger charge is 2.08. The van der Waals surface area contributed by atoms with Gasteiger partial charge in [-0.05, 0) is 36.5 Å². The van der Waals surface area contributed by atoms with E-state index in [2.05, 4.69) is 13.0 Å². The summed E-state index contributed by atoms with van der Waals surface area (Å²) in [6.07, 6.45) is 9.63. The molecule has 0 radical (unpaired) electrons. The number of carboxylic acid groups (broad SMARTS) is 1. The molecule has 0 aromatic heterocycles. The van der Waals surface area contributed by atoms with Crippen molar-refractivity contribution in [2.24, 2.45) is 0 Å². The van der Waals surface area contributed by atoms with Crippen LogP contribution in [0.2, 0.25) is 0 Å². The number of carboxylic acids is 1. The zero-order valence-corrected chi connectivity index (χ0v) is 12.2. The molecule has 0 unspecified atom stereocenters. The highest BCUT2D eigenvalue weighted by Crippen LogP contribution is 2.16. The topological polar surface area (TPSA) is 37.3 Å². The Morgan fingerprint density at radius 3 is 2.37 bits per heavy atom. The molecule has 0 atom stereocenters. The first-order valence-electron chi connectivity index (χ1n) is 7.54.